The molecule has 0 amide bonds. The summed E-state index contributed by atoms with van der Waals surface area (Å²) in [6.45, 7) is 5.32. The highest BCUT2D eigenvalue weighted by Crippen LogP contribution is 2.52. The quantitative estimate of drug-likeness (QED) is 0.524. The molecule has 0 aromatic rings. The van der Waals surface area contributed by atoms with Gasteiger partial charge in [-0.15, -0.1) is 0 Å². The average molecular weight is 314 g/mol. The van der Waals surface area contributed by atoms with Crippen molar-refractivity contribution in [3.63, 3.8) is 0 Å². The summed E-state index contributed by atoms with van der Waals surface area (Å²) in [5, 5.41) is 0.615. The minimum absolute atomic E-state index is 0.00547. The molecule has 118 valence electrons. The van der Waals surface area contributed by atoms with Gasteiger partial charge < -0.3 is 10.7 Å². The lowest BCUT2D eigenvalue weighted by Crippen LogP contribution is -2.49. The van der Waals surface area contributed by atoms with E-state index in [0.29, 0.717) is 5.01 Å². The van der Waals surface area contributed by atoms with Crippen LogP contribution in [0.4, 0.5) is 13.2 Å². The Morgan fingerprint density at radius 1 is 1.40 bits per heavy atom. The molecule has 0 aromatic heterocycles. The topological polar surface area (TPSA) is 84.4 Å². The molecule has 0 radical (unpaired) electrons. The van der Waals surface area contributed by atoms with Crippen LogP contribution in [0.1, 0.15) is 33.6 Å². The molecule has 0 heterocycles. The van der Waals surface area contributed by atoms with E-state index in [1.807, 2.05) is 0 Å². The molecule has 1 aliphatic carbocycles. The first-order valence-electron chi connectivity index (χ1n) is 6.12. The van der Waals surface area contributed by atoms with E-state index in [1.54, 1.807) is 20.8 Å². The van der Waals surface area contributed by atoms with Gasteiger partial charge in [0.05, 0.1) is 15.7 Å². The highest BCUT2D eigenvalue weighted by molar-refractivity contribution is 7.84. The maximum atomic E-state index is 12.8. The second kappa shape index (κ2) is 5.53. The molecule has 1 atom stereocenters. The van der Waals surface area contributed by atoms with Gasteiger partial charge in [0.15, 0.2) is 5.54 Å². The monoisotopic (exact) mass is 314 g/mol. The number of hydrogen-bond acceptors (Lipinski definition) is 4. The molecule has 0 saturated heterocycles. The van der Waals surface area contributed by atoms with E-state index in [9.17, 15) is 17.4 Å². The van der Waals surface area contributed by atoms with Gasteiger partial charge in [0.1, 0.15) is 0 Å². The number of hydrazine groups is 1. The number of alkyl halides is 3. The smallest absolute Gasteiger partial charge is 0.400 e. The Morgan fingerprint density at radius 3 is 2.25 bits per heavy atom. The van der Waals surface area contributed by atoms with Gasteiger partial charge in [-0.3, -0.25) is 0 Å². The zero-order valence-electron chi connectivity index (χ0n) is 11.8. The van der Waals surface area contributed by atoms with Crippen LogP contribution in [-0.4, -0.2) is 32.2 Å². The van der Waals surface area contributed by atoms with Crippen molar-refractivity contribution in [1.29, 1.82) is 0 Å². The van der Waals surface area contributed by atoms with Gasteiger partial charge in [-0.1, -0.05) is 0 Å². The Labute approximate surface area is 119 Å². The van der Waals surface area contributed by atoms with Crippen molar-refractivity contribution in [1.82, 2.24) is 9.73 Å². The summed E-state index contributed by atoms with van der Waals surface area (Å²) >= 11 is 0. The Hall–Kier alpha value is -0.800. The van der Waals surface area contributed by atoms with Crippen molar-refractivity contribution in [2.75, 3.05) is 6.54 Å². The summed E-state index contributed by atoms with van der Waals surface area (Å²) in [6.07, 6.45) is -3.43. The van der Waals surface area contributed by atoms with Crippen molar-refractivity contribution < 1.29 is 17.4 Å². The first-order chi connectivity index (χ1) is 8.90. The van der Waals surface area contributed by atoms with E-state index in [4.69, 9.17) is 11.6 Å². The zero-order chi connectivity index (χ0) is 15.8. The third-order valence-corrected chi connectivity index (χ3v) is 4.53. The van der Waals surface area contributed by atoms with Crippen LogP contribution in [0.2, 0.25) is 0 Å². The molecule has 1 fully saturated rings. The maximum absolute atomic E-state index is 12.8. The maximum Gasteiger partial charge on any atom is 0.413 e. The van der Waals surface area contributed by atoms with E-state index in [-0.39, 0.29) is 25.1 Å². The fourth-order valence-corrected chi connectivity index (χ4v) is 2.25. The third kappa shape index (κ3) is 3.86. The van der Waals surface area contributed by atoms with Crippen molar-refractivity contribution in [3.8, 4) is 0 Å². The molecule has 1 unspecified atom stereocenters. The van der Waals surface area contributed by atoms with Crippen LogP contribution < -0.4 is 16.3 Å². The SMILES string of the molecule is CC(C)(C)S(=O)NC/C(N)=C/N(N)C1(C(F)(F)F)CC1. The van der Waals surface area contributed by atoms with E-state index in [2.05, 4.69) is 4.72 Å². The molecular weight excluding hydrogens is 293 g/mol. The van der Waals surface area contributed by atoms with Crippen molar-refractivity contribution in [2.45, 2.75) is 50.1 Å². The van der Waals surface area contributed by atoms with Crippen molar-refractivity contribution >= 4 is 11.0 Å². The predicted octanol–water partition coefficient (Wildman–Crippen LogP) is 1.11. The Kier molecular flexibility index (Phi) is 4.77. The van der Waals surface area contributed by atoms with Gasteiger partial charge in [0.25, 0.3) is 0 Å². The summed E-state index contributed by atoms with van der Waals surface area (Å²) in [7, 11) is -1.35. The summed E-state index contributed by atoms with van der Waals surface area (Å²) in [5.41, 5.74) is 3.71. The van der Waals surface area contributed by atoms with Crippen LogP contribution >= 0.6 is 0 Å². The predicted molar refractivity (Wildman–Crippen MR) is 72.2 cm³/mol. The lowest BCUT2D eigenvalue weighted by molar-refractivity contribution is -0.189. The average Bonchev–Trinajstić information content (AvgIpc) is 3.04. The van der Waals surface area contributed by atoms with Gasteiger partial charge in [-0.05, 0) is 33.6 Å². The van der Waals surface area contributed by atoms with Gasteiger partial charge in [-0.25, -0.2) is 14.8 Å². The second-order valence-electron chi connectivity index (χ2n) is 5.84. The molecule has 9 heteroatoms. The van der Waals surface area contributed by atoms with Crippen molar-refractivity contribution in [3.05, 3.63) is 11.9 Å². The summed E-state index contributed by atoms with van der Waals surface area (Å²) in [5.74, 6) is 5.45. The largest absolute Gasteiger partial charge is 0.413 e. The molecule has 1 aliphatic rings. The van der Waals surface area contributed by atoms with Crippen LogP contribution in [0.5, 0.6) is 0 Å². The minimum Gasteiger partial charge on any atom is -0.400 e. The van der Waals surface area contributed by atoms with Crippen LogP contribution in [0.15, 0.2) is 11.9 Å². The fraction of sp³-hybridized carbons (Fsp3) is 0.818. The van der Waals surface area contributed by atoms with Gasteiger partial charge in [0, 0.05) is 18.4 Å². The zero-order valence-corrected chi connectivity index (χ0v) is 12.6. The third-order valence-electron chi connectivity index (χ3n) is 3.01. The highest BCUT2D eigenvalue weighted by atomic mass is 32.2. The lowest BCUT2D eigenvalue weighted by atomic mass is 10.2. The normalized spacial score (nSPS) is 20.6. The number of rotatable bonds is 5. The number of hydrogen-bond donors (Lipinski definition) is 3. The highest BCUT2D eigenvalue weighted by Gasteiger charge is 2.66. The van der Waals surface area contributed by atoms with E-state index in [1.165, 1.54) is 0 Å². The lowest BCUT2D eigenvalue weighted by Gasteiger charge is -2.28. The number of halogens is 3. The molecule has 1 saturated carbocycles. The molecule has 0 bridgehead atoms. The Morgan fingerprint density at radius 2 is 1.90 bits per heavy atom. The van der Waals surface area contributed by atoms with Gasteiger partial charge in [0.2, 0.25) is 0 Å². The first-order valence-corrected chi connectivity index (χ1v) is 7.27. The molecule has 5 N–H and O–H groups in total. The number of nitrogens with zero attached hydrogens (tertiary/aromatic N) is 1. The number of nitrogens with two attached hydrogens (primary N) is 2. The van der Waals surface area contributed by atoms with Crippen LogP contribution in [0, 0.1) is 0 Å². The molecule has 0 aliphatic heterocycles. The molecule has 0 aromatic carbocycles. The van der Waals surface area contributed by atoms with E-state index in [0.717, 1.165) is 6.20 Å². The molecule has 0 spiro atoms. The molecule has 20 heavy (non-hydrogen) atoms. The molecular formula is C11H21F3N4OS. The summed E-state index contributed by atoms with van der Waals surface area (Å²) in [4.78, 5) is 0. The molecule has 1 rings (SSSR count). The van der Waals surface area contributed by atoms with Gasteiger partial charge >= 0.3 is 6.18 Å². The minimum atomic E-state index is -4.39. The Bertz CT molecular complexity index is 413. The second-order valence-corrected chi connectivity index (χ2v) is 7.89. The van der Waals surface area contributed by atoms with Gasteiger partial charge in [-0.2, -0.15) is 13.2 Å². The van der Waals surface area contributed by atoms with E-state index >= 15 is 0 Å². The summed E-state index contributed by atoms with van der Waals surface area (Å²) in [6, 6.07) is 0. The van der Waals surface area contributed by atoms with E-state index < -0.39 is 27.4 Å². The number of nitrogens with one attached hydrogen (secondary N) is 1. The van der Waals surface area contributed by atoms with Crippen molar-refractivity contribution in [2.24, 2.45) is 11.6 Å². The summed E-state index contributed by atoms with van der Waals surface area (Å²) < 4.78 is 52.3. The fourth-order valence-electron chi connectivity index (χ4n) is 1.52. The van der Waals surface area contributed by atoms with Crippen LogP contribution in [0.25, 0.3) is 0 Å². The Balaban J connectivity index is 2.60. The van der Waals surface area contributed by atoms with Crippen LogP contribution in [-0.2, 0) is 11.0 Å². The van der Waals surface area contributed by atoms with Crippen LogP contribution in [0.3, 0.4) is 0 Å². The first kappa shape index (κ1) is 17.3. The standard InChI is InChI=1S/C11H21F3N4OS/c1-9(2,3)20(19)17-6-8(15)7-18(16)10(4-5-10)11(12,13)14/h7,17H,4-6,15-16H2,1-3H3/b8-7-. The molecule has 5 nitrogen and oxygen atoms in total.